The van der Waals surface area contributed by atoms with E-state index in [1.165, 1.54) is 6.07 Å². The highest BCUT2D eigenvalue weighted by molar-refractivity contribution is 9.11. The van der Waals surface area contributed by atoms with Crippen LogP contribution < -0.4 is 0 Å². The monoisotopic (exact) mass is 358 g/mol. The number of carbonyl (C=O) groups excluding carboxylic acids is 1. The molecule has 0 radical (unpaired) electrons. The van der Waals surface area contributed by atoms with Crippen LogP contribution in [0.2, 0.25) is 0 Å². The molecule has 0 saturated carbocycles. The van der Waals surface area contributed by atoms with Gasteiger partial charge in [-0.15, -0.1) is 0 Å². The van der Waals surface area contributed by atoms with Crippen molar-refractivity contribution in [2.45, 2.75) is 19.5 Å². The molecule has 0 fully saturated rings. The van der Waals surface area contributed by atoms with Gasteiger partial charge in [-0.2, -0.15) is 13.2 Å². The lowest BCUT2D eigenvalue weighted by Crippen LogP contribution is -2.15. The van der Waals surface area contributed by atoms with Crippen LogP contribution >= 0.6 is 31.9 Å². The summed E-state index contributed by atoms with van der Waals surface area (Å²) in [6.45, 7) is 1.78. The molecule has 0 saturated heterocycles. The minimum absolute atomic E-state index is 0.0369. The molecular formula is C10H7Br2F3O. The van der Waals surface area contributed by atoms with Crippen LogP contribution in [0.1, 0.15) is 22.3 Å². The summed E-state index contributed by atoms with van der Waals surface area (Å²) in [5.74, 6) is -0.944. The van der Waals surface area contributed by atoms with E-state index in [-0.39, 0.29) is 5.56 Å². The third kappa shape index (κ3) is 3.59. The van der Waals surface area contributed by atoms with Crippen molar-refractivity contribution in [3.05, 3.63) is 32.2 Å². The predicted octanol–water partition coefficient (Wildman–Crippen LogP) is 4.66. The lowest BCUT2D eigenvalue weighted by atomic mass is 10.1. The molecule has 0 aliphatic rings. The zero-order chi connectivity index (χ0) is 12.5. The van der Waals surface area contributed by atoms with Gasteiger partial charge in [-0.25, -0.2) is 0 Å². The standard InChI is InChI=1S/C10H7Br2F3O/c1-5-2-8(12)6(3-7(5)11)9(16)4-10(13,14)15/h2-3H,4H2,1H3. The van der Waals surface area contributed by atoms with Crippen molar-refractivity contribution >= 4 is 37.6 Å². The number of carbonyl (C=O) groups is 1. The molecule has 1 aromatic carbocycles. The summed E-state index contributed by atoms with van der Waals surface area (Å²) >= 11 is 6.25. The zero-order valence-corrected chi connectivity index (χ0v) is 11.3. The average molecular weight is 360 g/mol. The summed E-state index contributed by atoms with van der Waals surface area (Å²) in [6, 6.07) is 3.00. The van der Waals surface area contributed by atoms with Crippen molar-refractivity contribution in [2.75, 3.05) is 0 Å². The third-order valence-corrected chi connectivity index (χ3v) is 3.42. The Bertz CT molecular complexity index is 427. The van der Waals surface area contributed by atoms with Gasteiger partial charge in [0.05, 0.1) is 0 Å². The van der Waals surface area contributed by atoms with E-state index in [2.05, 4.69) is 31.9 Å². The summed E-state index contributed by atoms with van der Waals surface area (Å²) < 4.78 is 37.2. The van der Waals surface area contributed by atoms with Gasteiger partial charge < -0.3 is 0 Å². The van der Waals surface area contributed by atoms with Crippen LogP contribution in [0, 0.1) is 6.92 Å². The van der Waals surface area contributed by atoms with E-state index in [1.807, 2.05) is 0 Å². The molecule has 0 N–H and O–H groups in total. The number of benzene rings is 1. The largest absolute Gasteiger partial charge is 0.396 e. The molecule has 0 heterocycles. The molecule has 0 unspecified atom stereocenters. The van der Waals surface area contributed by atoms with Crippen LogP contribution in [0.5, 0.6) is 0 Å². The fourth-order valence-corrected chi connectivity index (χ4v) is 2.16. The Morgan fingerprint density at radius 3 is 2.31 bits per heavy atom. The van der Waals surface area contributed by atoms with Crippen LogP contribution in [-0.2, 0) is 0 Å². The number of ketones is 1. The first kappa shape index (κ1) is 13.7. The number of hydrogen-bond donors (Lipinski definition) is 0. The van der Waals surface area contributed by atoms with Crippen LogP contribution in [0.4, 0.5) is 13.2 Å². The van der Waals surface area contributed by atoms with Gasteiger partial charge in [-0.1, -0.05) is 31.9 Å². The van der Waals surface area contributed by atoms with E-state index < -0.39 is 18.4 Å². The first-order valence-electron chi connectivity index (χ1n) is 4.26. The van der Waals surface area contributed by atoms with E-state index in [9.17, 15) is 18.0 Å². The number of aryl methyl sites for hydroxylation is 1. The predicted molar refractivity (Wildman–Crippen MR) is 61.6 cm³/mol. The fourth-order valence-electron chi connectivity index (χ4n) is 1.14. The zero-order valence-electron chi connectivity index (χ0n) is 8.16. The molecule has 1 nitrogen and oxygen atoms in total. The first-order chi connectivity index (χ1) is 7.20. The number of halogens is 5. The van der Waals surface area contributed by atoms with Gasteiger partial charge in [0, 0.05) is 14.5 Å². The first-order valence-corrected chi connectivity index (χ1v) is 5.85. The molecule has 0 atom stereocenters. The molecule has 1 aromatic rings. The molecule has 0 aliphatic carbocycles. The SMILES string of the molecule is Cc1cc(Br)c(C(=O)CC(F)(F)F)cc1Br. The minimum Gasteiger partial charge on any atom is -0.294 e. The van der Waals surface area contributed by atoms with Gasteiger partial charge in [0.2, 0.25) is 0 Å². The number of Topliss-reactive ketones (excluding diaryl/α,β-unsaturated/α-hetero) is 1. The summed E-state index contributed by atoms with van der Waals surface area (Å²) in [7, 11) is 0. The van der Waals surface area contributed by atoms with Crippen LogP contribution in [-0.4, -0.2) is 12.0 Å². The molecule has 0 aliphatic heterocycles. The maximum absolute atomic E-state index is 12.1. The van der Waals surface area contributed by atoms with E-state index in [0.29, 0.717) is 8.95 Å². The Morgan fingerprint density at radius 2 is 1.81 bits per heavy atom. The van der Waals surface area contributed by atoms with Crippen LogP contribution in [0.3, 0.4) is 0 Å². The Kier molecular flexibility index (Phi) is 4.17. The lowest BCUT2D eigenvalue weighted by Gasteiger charge is -2.08. The molecular weight excluding hydrogens is 353 g/mol. The molecule has 0 spiro atoms. The highest BCUT2D eigenvalue weighted by Crippen LogP contribution is 2.29. The van der Waals surface area contributed by atoms with Crippen LogP contribution in [0.15, 0.2) is 21.1 Å². The summed E-state index contributed by atoms with van der Waals surface area (Å²) in [6.07, 6.45) is -5.92. The highest BCUT2D eigenvalue weighted by atomic mass is 79.9. The maximum atomic E-state index is 12.1. The van der Waals surface area contributed by atoms with Crippen molar-refractivity contribution in [2.24, 2.45) is 0 Å². The molecule has 0 aromatic heterocycles. The van der Waals surface area contributed by atoms with Crippen molar-refractivity contribution < 1.29 is 18.0 Å². The highest BCUT2D eigenvalue weighted by Gasteiger charge is 2.32. The summed E-state index contributed by atoms with van der Waals surface area (Å²) in [5, 5.41) is 0. The molecule has 6 heteroatoms. The second kappa shape index (κ2) is 4.87. The summed E-state index contributed by atoms with van der Waals surface area (Å²) in [5.41, 5.74) is 0.880. The van der Waals surface area contributed by atoms with Gasteiger partial charge in [0.1, 0.15) is 6.42 Å². The van der Waals surface area contributed by atoms with Crippen molar-refractivity contribution in [1.29, 1.82) is 0 Å². The van der Waals surface area contributed by atoms with Crippen molar-refractivity contribution in [1.82, 2.24) is 0 Å². The molecule has 1 rings (SSSR count). The van der Waals surface area contributed by atoms with Gasteiger partial charge in [0.15, 0.2) is 5.78 Å². The Labute approximate surface area is 107 Å². The smallest absolute Gasteiger partial charge is 0.294 e. The molecule has 0 amide bonds. The van der Waals surface area contributed by atoms with Gasteiger partial charge >= 0.3 is 6.18 Å². The van der Waals surface area contributed by atoms with Crippen molar-refractivity contribution in [3.8, 4) is 0 Å². The van der Waals surface area contributed by atoms with Crippen molar-refractivity contribution in [3.63, 3.8) is 0 Å². The van der Waals surface area contributed by atoms with E-state index >= 15 is 0 Å². The lowest BCUT2D eigenvalue weighted by molar-refractivity contribution is -0.125. The summed E-state index contributed by atoms with van der Waals surface area (Å²) in [4.78, 5) is 11.4. The van der Waals surface area contributed by atoms with E-state index in [4.69, 9.17) is 0 Å². The topological polar surface area (TPSA) is 17.1 Å². The average Bonchev–Trinajstić information content (AvgIpc) is 2.08. The van der Waals surface area contributed by atoms with Gasteiger partial charge in [0.25, 0.3) is 0 Å². The Balaban J connectivity index is 3.05. The van der Waals surface area contributed by atoms with Crippen LogP contribution in [0.25, 0.3) is 0 Å². The fraction of sp³-hybridized carbons (Fsp3) is 0.300. The second-order valence-electron chi connectivity index (χ2n) is 3.30. The Hall–Kier alpha value is -0.360. The normalized spacial score (nSPS) is 11.6. The molecule has 88 valence electrons. The maximum Gasteiger partial charge on any atom is 0.396 e. The Morgan fingerprint density at radius 1 is 1.25 bits per heavy atom. The quantitative estimate of drug-likeness (QED) is 0.702. The van der Waals surface area contributed by atoms with E-state index in [1.54, 1.807) is 13.0 Å². The second-order valence-corrected chi connectivity index (χ2v) is 5.01. The van der Waals surface area contributed by atoms with Gasteiger partial charge in [-0.05, 0) is 24.6 Å². The number of hydrogen-bond acceptors (Lipinski definition) is 1. The minimum atomic E-state index is -4.48. The van der Waals surface area contributed by atoms with E-state index in [0.717, 1.165) is 5.56 Å². The molecule has 0 bridgehead atoms. The molecule has 16 heavy (non-hydrogen) atoms. The third-order valence-electron chi connectivity index (χ3n) is 1.91. The number of rotatable bonds is 2. The van der Waals surface area contributed by atoms with Gasteiger partial charge in [-0.3, -0.25) is 4.79 Å². The number of alkyl halides is 3.